The summed E-state index contributed by atoms with van der Waals surface area (Å²) >= 11 is 0. The Balaban J connectivity index is 2.50. The molecular formula is C10H21N5O2S. The summed E-state index contributed by atoms with van der Waals surface area (Å²) in [4.78, 5) is 0. The first-order chi connectivity index (χ1) is 8.69. The van der Waals surface area contributed by atoms with Crippen molar-refractivity contribution in [3.63, 3.8) is 0 Å². The highest BCUT2D eigenvalue weighted by atomic mass is 32.2. The van der Waals surface area contributed by atoms with Crippen molar-refractivity contribution in [2.24, 2.45) is 0 Å². The van der Waals surface area contributed by atoms with Crippen LogP contribution in [0.2, 0.25) is 0 Å². The Morgan fingerprint density at radius 3 is 3.00 bits per heavy atom. The van der Waals surface area contributed by atoms with Crippen molar-refractivity contribution in [3.05, 3.63) is 5.82 Å². The summed E-state index contributed by atoms with van der Waals surface area (Å²) in [5.74, 6) is 2.01. The standard InChI is InChI=1S/C10H21N5O2S/c1-4-18(16)8-6-15-10(12-13-14-15)9(2)11-5-7-17-3/h9,11H,4-8H2,1-3H3. The van der Waals surface area contributed by atoms with E-state index in [9.17, 15) is 4.21 Å². The van der Waals surface area contributed by atoms with Crippen LogP contribution in [-0.4, -0.2) is 56.2 Å². The molecule has 0 spiro atoms. The molecule has 1 N–H and O–H groups in total. The maximum Gasteiger partial charge on any atom is 0.167 e. The van der Waals surface area contributed by atoms with Gasteiger partial charge in [0.2, 0.25) is 0 Å². The number of aromatic nitrogens is 4. The number of aryl methyl sites for hydroxylation is 1. The minimum Gasteiger partial charge on any atom is -0.383 e. The summed E-state index contributed by atoms with van der Waals surface area (Å²) < 4.78 is 18.1. The van der Waals surface area contributed by atoms with Crippen molar-refractivity contribution >= 4 is 10.8 Å². The van der Waals surface area contributed by atoms with Crippen LogP contribution in [0.25, 0.3) is 0 Å². The number of hydrogen-bond donors (Lipinski definition) is 1. The van der Waals surface area contributed by atoms with Crippen molar-refractivity contribution in [2.45, 2.75) is 26.4 Å². The molecule has 0 aliphatic carbocycles. The molecule has 0 saturated carbocycles. The Hall–Kier alpha value is -0.860. The Kier molecular flexibility index (Phi) is 6.99. The fraction of sp³-hybridized carbons (Fsp3) is 0.900. The topological polar surface area (TPSA) is 81.9 Å². The second-order valence-electron chi connectivity index (χ2n) is 3.86. The third-order valence-corrected chi connectivity index (χ3v) is 3.84. The van der Waals surface area contributed by atoms with Crippen LogP contribution in [0, 0.1) is 0 Å². The molecule has 104 valence electrons. The van der Waals surface area contributed by atoms with Crippen molar-refractivity contribution in [1.82, 2.24) is 25.5 Å². The number of nitrogens with zero attached hydrogens (tertiary/aromatic N) is 4. The molecule has 0 aromatic carbocycles. The van der Waals surface area contributed by atoms with Gasteiger partial charge in [-0.05, 0) is 17.4 Å². The van der Waals surface area contributed by atoms with Crippen molar-refractivity contribution in [2.75, 3.05) is 31.8 Å². The van der Waals surface area contributed by atoms with Crippen LogP contribution in [0.5, 0.6) is 0 Å². The maximum atomic E-state index is 11.4. The van der Waals surface area contributed by atoms with Gasteiger partial charge in [0.15, 0.2) is 5.82 Å². The summed E-state index contributed by atoms with van der Waals surface area (Å²) in [6.45, 7) is 5.87. The molecule has 2 atom stereocenters. The van der Waals surface area contributed by atoms with Gasteiger partial charge in [0.05, 0.1) is 19.2 Å². The van der Waals surface area contributed by atoms with E-state index in [-0.39, 0.29) is 6.04 Å². The number of methoxy groups -OCH3 is 1. The maximum absolute atomic E-state index is 11.4. The monoisotopic (exact) mass is 275 g/mol. The largest absolute Gasteiger partial charge is 0.383 e. The first-order valence-electron chi connectivity index (χ1n) is 6.02. The van der Waals surface area contributed by atoms with Gasteiger partial charge in [0.1, 0.15) is 0 Å². The van der Waals surface area contributed by atoms with E-state index in [0.29, 0.717) is 24.7 Å². The number of tetrazole rings is 1. The predicted molar refractivity (Wildman–Crippen MR) is 69.7 cm³/mol. The lowest BCUT2D eigenvalue weighted by molar-refractivity contribution is 0.196. The summed E-state index contributed by atoms with van der Waals surface area (Å²) in [5.41, 5.74) is 0. The fourth-order valence-corrected chi connectivity index (χ4v) is 2.15. The SMILES string of the molecule is CCS(=O)CCn1nnnc1C(C)NCCOC. The van der Waals surface area contributed by atoms with Gasteiger partial charge >= 0.3 is 0 Å². The van der Waals surface area contributed by atoms with E-state index in [2.05, 4.69) is 20.8 Å². The fourth-order valence-electron chi connectivity index (χ4n) is 1.48. The van der Waals surface area contributed by atoms with Crippen LogP contribution >= 0.6 is 0 Å². The van der Waals surface area contributed by atoms with Gasteiger partial charge in [-0.2, -0.15) is 0 Å². The minimum absolute atomic E-state index is 0.0465. The lowest BCUT2D eigenvalue weighted by Gasteiger charge is -2.12. The molecule has 7 nitrogen and oxygen atoms in total. The normalized spacial score (nSPS) is 14.6. The van der Waals surface area contributed by atoms with Crippen LogP contribution in [0.3, 0.4) is 0 Å². The highest BCUT2D eigenvalue weighted by molar-refractivity contribution is 7.84. The highest BCUT2D eigenvalue weighted by Crippen LogP contribution is 2.06. The van der Waals surface area contributed by atoms with E-state index in [1.807, 2.05) is 13.8 Å². The minimum atomic E-state index is -0.797. The van der Waals surface area contributed by atoms with E-state index >= 15 is 0 Å². The molecule has 1 aromatic heterocycles. The molecule has 0 bridgehead atoms. The molecular weight excluding hydrogens is 254 g/mol. The molecule has 1 heterocycles. The lowest BCUT2D eigenvalue weighted by atomic mass is 10.3. The van der Waals surface area contributed by atoms with Crippen molar-refractivity contribution in [1.29, 1.82) is 0 Å². The molecule has 18 heavy (non-hydrogen) atoms. The zero-order valence-electron chi connectivity index (χ0n) is 11.1. The lowest BCUT2D eigenvalue weighted by Crippen LogP contribution is -2.26. The van der Waals surface area contributed by atoms with Crippen LogP contribution in [0.4, 0.5) is 0 Å². The third kappa shape index (κ3) is 4.79. The summed E-state index contributed by atoms with van der Waals surface area (Å²) in [7, 11) is 0.866. The smallest absolute Gasteiger partial charge is 0.167 e. The second-order valence-corrected chi connectivity index (χ2v) is 5.73. The van der Waals surface area contributed by atoms with Gasteiger partial charge in [0, 0.05) is 36.0 Å². The Labute approximate surface area is 110 Å². The van der Waals surface area contributed by atoms with E-state index in [1.54, 1.807) is 11.8 Å². The molecule has 0 saturated heterocycles. The molecule has 0 amide bonds. The van der Waals surface area contributed by atoms with Gasteiger partial charge in [-0.1, -0.05) is 6.92 Å². The van der Waals surface area contributed by atoms with Crippen molar-refractivity contribution in [3.8, 4) is 0 Å². The van der Waals surface area contributed by atoms with E-state index in [0.717, 1.165) is 12.4 Å². The average Bonchev–Trinajstić information content (AvgIpc) is 2.84. The quantitative estimate of drug-likeness (QED) is 0.625. The van der Waals surface area contributed by atoms with E-state index < -0.39 is 10.8 Å². The molecule has 8 heteroatoms. The molecule has 1 rings (SSSR count). The summed E-state index contributed by atoms with van der Waals surface area (Å²) in [6.07, 6.45) is 0. The Morgan fingerprint density at radius 2 is 2.33 bits per heavy atom. The zero-order chi connectivity index (χ0) is 13.4. The third-order valence-electron chi connectivity index (χ3n) is 2.56. The summed E-state index contributed by atoms with van der Waals surface area (Å²) in [5, 5.41) is 14.9. The van der Waals surface area contributed by atoms with Crippen LogP contribution in [-0.2, 0) is 22.1 Å². The molecule has 0 aliphatic heterocycles. The molecule has 0 aliphatic rings. The van der Waals surface area contributed by atoms with Crippen LogP contribution in [0.1, 0.15) is 25.7 Å². The first kappa shape index (κ1) is 15.2. The molecule has 0 fully saturated rings. The van der Waals surface area contributed by atoms with Crippen molar-refractivity contribution < 1.29 is 8.95 Å². The molecule has 0 radical (unpaired) electrons. The van der Waals surface area contributed by atoms with Gasteiger partial charge in [-0.15, -0.1) is 5.10 Å². The van der Waals surface area contributed by atoms with Gasteiger partial charge < -0.3 is 10.1 Å². The van der Waals surface area contributed by atoms with Gasteiger partial charge in [-0.3, -0.25) is 4.21 Å². The summed E-state index contributed by atoms with van der Waals surface area (Å²) in [6, 6.07) is 0.0465. The number of hydrogen-bond acceptors (Lipinski definition) is 6. The molecule has 2 unspecified atom stereocenters. The number of ether oxygens (including phenoxy) is 1. The zero-order valence-corrected chi connectivity index (χ0v) is 11.9. The van der Waals surface area contributed by atoms with Crippen LogP contribution < -0.4 is 5.32 Å². The van der Waals surface area contributed by atoms with E-state index in [4.69, 9.17) is 4.74 Å². The number of rotatable bonds is 9. The van der Waals surface area contributed by atoms with Gasteiger partial charge in [-0.25, -0.2) is 4.68 Å². The second kappa shape index (κ2) is 8.28. The Bertz CT molecular complexity index is 371. The molecule has 1 aromatic rings. The van der Waals surface area contributed by atoms with Crippen LogP contribution in [0.15, 0.2) is 0 Å². The average molecular weight is 275 g/mol. The Morgan fingerprint density at radius 1 is 1.56 bits per heavy atom. The predicted octanol–water partition coefficient (Wildman–Crippen LogP) is -0.261. The number of nitrogens with one attached hydrogen (secondary N) is 1. The highest BCUT2D eigenvalue weighted by Gasteiger charge is 2.14. The first-order valence-corrected chi connectivity index (χ1v) is 7.51. The van der Waals surface area contributed by atoms with Gasteiger partial charge in [0.25, 0.3) is 0 Å². The van der Waals surface area contributed by atoms with E-state index in [1.165, 1.54) is 0 Å².